The first-order valence-electron chi connectivity index (χ1n) is 6.64. The first-order chi connectivity index (χ1) is 11.1. The molecule has 0 saturated carbocycles. The number of carbonyl (C=O) groups excluding carboxylic acids is 1. The van der Waals surface area contributed by atoms with E-state index in [1.54, 1.807) is 30.3 Å². The van der Waals surface area contributed by atoms with Gasteiger partial charge in [-0.15, -0.1) is 0 Å². The number of amides is 1. The van der Waals surface area contributed by atoms with Crippen molar-refractivity contribution < 1.29 is 18.7 Å². The summed E-state index contributed by atoms with van der Waals surface area (Å²) < 4.78 is 23.9. The van der Waals surface area contributed by atoms with Crippen LogP contribution in [-0.4, -0.2) is 25.2 Å². The third-order valence-corrected chi connectivity index (χ3v) is 3.21. The molecule has 0 atom stereocenters. The largest absolute Gasteiger partial charge is 0.496 e. The number of para-hydroxylation sites is 1. The fourth-order valence-electron chi connectivity index (χ4n) is 1.96. The molecule has 0 heterocycles. The molecule has 5 nitrogen and oxygen atoms in total. The van der Waals surface area contributed by atoms with Crippen LogP contribution in [0.25, 0.3) is 0 Å². The molecule has 0 aliphatic rings. The quantitative estimate of drug-likeness (QED) is 0.842. The van der Waals surface area contributed by atoms with Gasteiger partial charge in [-0.1, -0.05) is 18.2 Å². The van der Waals surface area contributed by atoms with Crippen LogP contribution >= 0.6 is 12.2 Å². The zero-order valence-corrected chi connectivity index (χ0v) is 13.4. The highest BCUT2D eigenvalue weighted by Crippen LogP contribution is 2.28. The van der Waals surface area contributed by atoms with Crippen molar-refractivity contribution in [1.29, 1.82) is 0 Å². The Labute approximate surface area is 138 Å². The summed E-state index contributed by atoms with van der Waals surface area (Å²) in [5.74, 6) is -0.307. The van der Waals surface area contributed by atoms with E-state index >= 15 is 0 Å². The molecule has 2 rings (SSSR count). The van der Waals surface area contributed by atoms with Gasteiger partial charge >= 0.3 is 0 Å². The molecule has 0 unspecified atom stereocenters. The number of rotatable bonds is 4. The van der Waals surface area contributed by atoms with Crippen molar-refractivity contribution in [2.75, 3.05) is 19.5 Å². The molecule has 1 amide bonds. The average Bonchev–Trinajstić information content (AvgIpc) is 2.55. The van der Waals surface area contributed by atoms with E-state index in [4.69, 9.17) is 21.7 Å². The maximum atomic E-state index is 13.6. The SMILES string of the molecule is COc1cccc(OC)c1C(=O)NC(=S)Nc1ccccc1F. The van der Waals surface area contributed by atoms with E-state index in [1.807, 2.05) is 0 Å². The molecule has 2 N–H and O–H groups in total. The molecular formula is C16H15FN2O3S. The fourth-order valence-corrected chi connectivity index (χ4v) is 2.16. The van der Waals surface area contributed by atoms with E-state index in [2.05, 4.69) is 10.6 Å². The molecule has 7 heteroatoms. The summed E-state index contributed by atoms with van der Waals surface area (Å²) in [7, 11) is 2.89. The molecule has 2 aromatic rings. The number of methoxy groups -OCH3 is 2. The zero-order valence-electron chi connectivity index (χ0n) is 12.6. The summed E-state index contributed by atoms with van der Waals surface area (Å²) in [5.41, 5.74) is 0.375. The van der Waals surface area contributed by atoms with Crippen LogP contribution in [0.1, 0.15) is 10.4 Å². The molecule has 120 valence electrons. The summed E-state index contributed by atoms with van der Waals surface area (Å²) in [6.45, 7) is 0. The predicted molar refractivity (Wildman–Crippen MR) is 89.6 cm³/mol. The molecule has 0 spiro atoms. The van der Waals surface area contributed by atoms with E-state index in [1.165, 1.54) is 26.4 Å². The van der Waals surface area contributed by atoms with Gasteiger partial charge in [0, 0.05) is 0 Å². The highest BCUT2D eigenvalue weighted by Gasteiger charge is 2.19. The molecule has 23 heavy (non-hydrogen) atoms. The van der Waals surface area contributed by atoms with Crippen LogP contribution in [0.3, 0.4) is 0 Å². The van der Waals surface area contributed by atoms with Gasteiger partial charge < -0.3 is 14.8 Å². The summed E-state index contributed by atoms with van der Waals surface area (Å²) in [6.07, 6.45) is 0. The monoisotopic (exact) mass is 334 g/mol. The molecule has 0 saturated heterocycles. The number of benzene rings is 2. The van der Waals surface area contributed by atoms with Gasteiger partial charge in [-0.3, -0.25) is 10.1 Å². The molecule has 2 aromatic carbocycles. The van der Waals surface area contributed by atoms with Gasteiger partial charge in [-0.2, -0.15) is 0 Å². The lowest BCUT2D eigenvalue weighted by atomic mass is 10.1. The Morgan fingerprint density at radius 1 is 1.04 bits per heavy atom. The lowest BCUT2D eigenvalue weighted by Crippen LogP contribution is -2.34. The van der Waals surface area contributed by atoms with Crippen molar-refractivity contribution in [3.8, 4) is 11.5 Å². The van der Waals surface area contributed by atoms with Crippen LogP contribution in [-0.2, 0) is 0 Å². The number of halogens is 1. The number of ether oxygens (including phenoxy) is 2. The number of nitrogens with one attached hydrogen (secondary N) is 2. The number of carbonyl (C=O) groups is 1. The maximum absolute atomic E-state index is 13.6. The van der Waals surface area contributed by atoms with Crippen LogP contribution in [0.2, 0.25) is 0 Å². The molecule has 0 radical (unpaired) electrons. The topological polar surface area (TPSA) is 59.6 Å². The van der Waals surface area contributed by atoms with Crippen LogP contribution in [0.15, 0.2) is 42.5 Å². The van der Waals surface area contributed by atoms with E-state index in [-0.39, 0.29) is 16.4 Å². The van der Waals surface area contributed by atoms with Crippen molar-refractivity contribution in [2.45, 2.75) is 0 Å². The number of anilines is 1. The van der Waals surface area contributed by atoms with E-state index in [0.717, 1.165) is 0 Å². The van der Waals surface area contributed by atoms with E-state index in [0.29, 0.717) is 11.5 Å². The average molecular weight is 334 g/mol. The summed E-state index contributed by atoms with van der Waals surface area (Å²) in [5, 5.41) is 5.07. The van der Waals surface area contributed by atoms with Gasteiger partial charge in [-0.25, -0.2) is 4.39 Å². The smallest absolute Gasteiger partial charge is 0.264 e. The van der Waals surface area contributed by atoms with Gasteiger partial charge in [0.15, 0.2) is 5.11 Å². The Kier molecular flexibility index (Phi) is 5.48. The van der Waals surface area contributed by atoms with Crippen molar-refractivity contribution in [3.63, 3.8) is 0 Å². The van der Waals surface area contributed by atoms with Crippen LogP contribution < -0.4 is 20.1 Å². The van der Waals surface area contributed by atoms with Crippen molar-refractivity contribution in [2.24, 2.45) is 0 Å². The second-order valence-corrected chi connectivity index (χ2v) is 4.83. The molecule has 0 bridgehead atoms. The van der Waals surface area contributed by atoms with Gasteiger partial charge in [0.2, 0.25) is 0 Å². The maximum Gasteiger partial charge on any atom is 0.264 e. The first-order valence-corrected chi connectivity index (χ1v) is 7.05. The predicted octanol–water partition coefficient (Wildman–Crippen LogP) is 2.97. The normalized spacial score (nSPS) is 9.87. The number of hydrogen-bond acceptors (Lipinski definition) is 4. The Bertz CT molecular complexity index is 715. The standard InChI is InChI=1S/C16H15FN2O3S/c1-21-12-8-5-9-13(22-2)14(12)15(20)19-16(23)18-11-7-4-3-6-10(11)17/h3-9H,1-2H3,(H2,18,19,20,23). The van der Waals surface area contributed by atoms with Crippen molar-refractivity contribution in [3.05, 3.63) is 53.8 Å². The van der Waals surface area contributed by atoms with E-state index in [9.17, 15) is 9.18 Å². The minimum absolute atomic E-state index is 0.0342. The summed E-state index contributed by atoms with van der Waals surface area (Å²) in [4.78, 5) is 12.4. The van der Waals surface area contributed by atoms with Crippen molar-refractivity contribution >= 4 is 28.9 Å². The second kappa shape index (κ2) is 7.55. The molecular weight excluding hydrogens is 319 g/mol. The summed E-state index contributed by atoms with van der Waals surface area (Å²) >= 11 is 5.04. The number of thiocarbonyl (C=S) groups is 1. The fraction of sp³-hybridized carbons (Fsp3) is 0.125. The van der Waals surface area contributed by atoms with Gasteiger partial charge in [-0.05, 0) is 36.5 Å². The number of hydrogen-bond donors (Lipinski definition) is 2. The first kappa shape index (κ1) is 16.7. The summed E-state index contributed by atoms with van der Waals surface area (Å²) in [6, 6.07) is 11.0. The lowest BCUT2D eigenvalue weighted by molar-refractivity contribution is 0.0971. The second-order valence-electron chi connectivity index (χ2n) is 4.43. The minimum atomic E-state index is -0.520. The van der Waals surface area contributed by atoms with E-state index < -0.39 is 11.7 Å². The van der Waals surface area contributed by atoms with Crippen LogP contribution in [0, 0.1) is 5.82 Å². The Morgan fingerprint density at radius 3 is 2.22 bits per heavy atom. The Morgan fingerprint density at radius 2 is 1.65 bits per heavy atom. The lowest BCUT2D eigenvalue weighted by Gasteiger charge is -2.14. The highest BCUT2D eigenvalue weighted by molar-refractivity contribution is 7.80. The highest BCUT2D eigenvalue weighted by atomic mass is 32.1. The van der Waals surface area contributed by atoms with Gasteiger partial charge in [0.25, 0.3) is 5.91 Å². The van der Waals surface area contributed by atoms with Crippen LogP contribution in [0.5, 0.6) is 11.5 Å². The minimum Gasteiger partial charge on any atom is -0.496 e. The molecule has 0 fully saturated rings. The van der Waals surface area contributed by atoms with Crippen molar-refractivity contribution in [1.82, 2.24) is 5.32 Å². The zero-order chi connectivity index (χ0) is 16.8. The Hall–Kier alpha value is -2.67. The molecule has 0 aliphatic heterocycles. The van der Waals surface area contributed by atoms with Crippen LogP contribution in [0.4, 0.5) is 10.1 Å². The van der Waals surface area contributed by atoms with Gasteiger partial charge in [0.1, 0.15) is 22.9 Å². The Balaban J connectivity index is 2.16. The third kappa shape index (κ3) is 3.95. The third-order valence-electron chi connectivity index (χ3n) is 3.00. The van der Waals surface area contributed by atoms with Gasteiger partial charge in [0.05, 0.1) is 19.9 Å². The molecule has 0 aromatic heterocycles. The molecule has 0 aliphatic carbocycles.